The number of carbonyl (C=O) groups is 1. The van der Waals surface area contributed by atoms with Gasteiger partial charge in [0.25, 0.3) is 0 Å². The first-order chi connectivity index (χ1) is 10.2. The minimum atomic E-state index is -1.94. The Morgan fingerprint density at radius 2 is 1.91 bits per heavy atom. The SMILES string of the molecule is COC(=O)C1CC(O[Si](C)(C)C(C)(C)C)c2ccccc2O1. The fourth-order valence-electron chi connectivity index (χ4n) is 2.30. The van der Waals surface area contributed by atoms with Crippen molar-refractivity contribution in [3.05, 3.63) is 29.8 Å². The van der Waals surface area contributed by atoms with Crippen LogP contribution in [0.15, 0.2) is 24.3 Å². The second-order valence-corrected chi connectivity index (χ2v) is 12.0. The van der Waals surface area contributed by atoms with Gasteiger partial charge in [-0.1, -0.05) is 39.0 Å². The second kappa shape index (κ2) is 6.05. The number of hydrogen-bond donors (Lipinski definition) is 0. The summed E-state index contributed by atoms with van der Waals surface area (Å²) >= 11 is 0. The Morgan fingerprint density at radius 3 is 2.50 bits per heavy atom. The van der Waals surface area contributed by atoms with Crippen LogP contribution in [0.5, 0.6) is 5.75 Å². The lowest BCUT2D eigenvalue weighted by atomic mass is 9.99. The summed E-state index contributed by atoms with van der Waals surface area (Å²) in [5.41, 5.74) is 1.02. The summed E-state index contributed by atoms with van der Waals surface area (Å²) in [6, 6.07) is 7.78. The van der Waals surface area contributed by atoms with E-state index in [0.29, 0.717) is 12.2 Å². The van der Waals surface area contributed by atoms with Crippen molar-refractivity contribution in [3.8, 4) is 5.75 Å². The highest BCUT2D eigenvalue weighted by atomic mass is 28.4. The second-order valence-electron chi connectivity index (χ2n) is 7.27. The van der Waals surface area contributed by atoms with Crippen molar-refractivity contribution in [2.75, 3.05) is 7.11 Å². The summed E-state index contributed by atoms with van der Waals surface area (Å²) in [7, 11) is -0.558. The molecule has 0 spiro atoms. The number of fused-ring (bicyclic) bond motifs is 1. The molecule has 1 aromatic rings. The van der Waals surface area contributed by atoms with Crippen LogP contribution in [0.1, 0.15) is 38.9 Å². The molecule has 2 atom stereocenters. The maximum atomic E-state index is 11.9. The van der Waals surface area contributed by atoms with E-state index >= 15 is 0 Å². The van der Waals surface area contributed by atoms with Gasteiger partial charge in [0.15, 0.2) is 14.4 Å². The van der Waals surface area contributed by atoms with Gasteiger partial charge in [0, 0.05) is 12.0 Å². The van der Waals surface area contributed by atoms with Gasteiger partial charge in [-0.15, -0.1) is 0 Å². The van der Waals surface area contributed by atoms with Crippen LogP contribution >= 0.6 is 0 Å². The molecule has 122 valence electrons. The average molecular weight is 322 g/mol. The van der Waals surface area contributed by atoms with Crippen LogP contribution in [-0.2, 0) is 14.0 Å². The summed E-state index contributed by atoms with van der Waals surface area (Å²) in [5.74, 6) is 0.367. The fraction of sp³-hybridized carbons (Fsp3) is 0.588. The topological polar surface area (TPSA) is 44.8 Å². The van der Waals surface area contributed by atoms with Crippen molar-refractivity contribution >= 4 is 14.3 Å². The molecule has 0 radical (unpaired) electrons. The molecule has 22 heavy (non-hydrogen) atoms. The summed E-state index contributed by atoms with van der Waals surface area (Å²) in [4.78, 5) is 11.9. The van der Waals surface area contributed by atoms with E-state index in [0.717, 1.165) is 5.56 Å². The first-order valence-corrected chi connectivity index (χ1v) is 10.6. The van der Waals surface area contributed by atoms with E-state index in [1.165, 1.54) is 7.11 Å². The standard InChI is InChI=1S/C17H26O4Si/c1-17(2,3)22(5,6)21-14-11-15(16(18)19-4)20-13-10-8-7-9-12(13)14/h7-10,14-15H,11H2,1-6H3. The molecule has 0 saturated carbocycles. The predicted molar refractivity (Wildman–Crippen MR) is 88.5 cm³/mol. The quantitative estimate of drug-likeness (QED) is 0.621. The van der Waals surface area contributed by atoms with Crippen molar-refractivity contribution in [1.29, 1.82) is 0 Å². The van der Waals surface area contributed by atoms with Gasteiger partial charge in [-0.2, -0.15) is 0 Å². The van der Waals surface area contributed by atoms with E-state index < -0.39 is 14.4 Å². The molecule has 1 heterocycles. The number of para-hydroxylation sites is 1. The lowest BCUT2D eigenvalue weighted by Gasteiger charge is -2.41. The van der Waals surface area contributed by atoms with Gasteiger partial charge in [0.1, 0.15) is 5.75 Å². The van der Waals surface area contributed by atoms with E-state index in [9.17, 15) is 4.79 Å². The molecular formula is C17H26O4Si. The van der Waals surface area contributed by atoms with Crippen LogP contribution in [0.25, 0.3) is 0 Å². The van der Waals surface area contributed by atoms with E-state index in [1.807, 2.05) is 24.3 Å². The van der Waals surface area contributed by atoms with Gasteiger partial charge in [-0.05, 0) is 24.2 Å². The number of carbonyl (C=O) groups excluding carboxylic acids is 1. The van der Waals surface area contributed by atoms with Crippen LogP contribution < -0.4 is 4.74 Å². The van der Waals surface area contributed by atoms with E-state index in [-0.39, 0.29) is 17.1 Å². The number of esters is 1. The highest BCUT2D eigenvalue weighted by Gasteiger charge is 2.42. The summed E-state index contributed by atoms with van der Waals surface area (Å²) in [5, 5.41) is 0.112. The number of ether oxygens (including phenoxy) is 2. The maximum absolute atomic E-state index is 11.9. The lowest BCUT2D eigenvalue weighted by molar-refractivity contribution is -0.151. The zero-order chi connectivity index (χ0) is 16.5. The van der Waals surface area contributed by atoms with E-state index in [4.69, 9.17) is 13.9 Å². The Kier molecular flexibility index (Phi) is 4.68. The molecule has 1 aromatic carbocycles. The average Bonchev–Trinajstić information content (AvgIpc) is 2.44. The molecule has 2 rings (SSSR count). The molecule has 1 aliphatic heterocycles. The fourth-order valence-corrected chi connectivity index (χ4v) is 3.58. The largest absolute Gasteiger partial charge is 0.478 e. The van der Waals surface area contributed by atoms with E-state index in [2.05, 4.69) is 33.9 Å². The first kappa shape index (κ1) is 17.0. The molecule has 0 N–H and O–H groups in total. The smallest absolute Gasteiger partial charge is 0.347 e. The third kappa shape index (κ3) is 3.36. The summed E-state index contributed by atoms with van der Waals surface area (Å²) in [6.45, 7) is 11.1. The predicted octanol–water partition coefficient (Wildman–Crippen LogP) is 4.07. The van der Waals surface area contributed by atoms with Gasteiger partial charge >= 0.3 is 5.97 Å². The van der Waals surface area contributed by atoms with Crippen molar-refractivity contribution < 1.29 is 18.7 Å². The Bertz CT molecular complexity index is 548. The minimum absolute atomic E-state index is 0.112. The summed E-state index contributed by atoms with van der Waals surface area (Å²) in [6.07, 6.45) is -0.236. The number of rotatable bonds is 3. The molecule has 2 unspecified atom stereocenters. The van der Waals surface area contributed by atoms with Crippen molar-refractivity contribution in [1.82, 2.24) is 0 Å². The van der Waals surface area contributed by atoms with Crippen LogP contribution in [0.3, 0.4) is 0 Å². The molecule has 4 nitrogen and oxygen atoms in total. The minimum Gasteiger partial charge on any atom is -0.478 e. The molecule has 1 aliphatic rings. The highest BCUT2D eigenvalue weighted by Crippen LogP contribution is 2.44. The normalized spacial score (nSPS) is 21.7. The Morgan fingerprint density at radius 1 is 1.27 bits per heavy atom. The lowest BCUT2D eigenvalue weighted by Crippen LogP contribution is -2.44. The molecule has 0 saturated heterocycles. The van der Waals surface area contributed by atoms with Crippen molar-refractivity contribution in [3.63, 3.8) is 0 Å². The molecular weight excluding hydrogens is 296 g/mol. The molecule has 0 fully saturated rings. The first-order valence-electron chi connectivity index (χ1n) is 7.67. The number of hydrogen-bond acceptors (Lipinski definition) is 4. The van der Waals surface area contributed by atoms with Crippen molar-refractivity contribution in [2.24, 2.45) is 0 Å². The van der Waals surface area contributed by atoms with Gasteiger partial charge < -0.3 is 13.9 Å². The van der Waals surface area contributed by atoms with Crippen LogP contribution in [0.2, 0.25) is 18.1 Å². The molecule has 0 aliphatic carbocycles. The van der Waals surface area contributed by atoms with Crippen LogP contribution in [0.4, 0.5) is 0 Å². The van der Waals surface area contributed by atoms with Gasteiger partial charge in [-0.25, -0.2) is 4.79 Å². The highest BCUT2D eigenvalue weighted by molar-refractivity contribution is 6.74. The number of methoxy groups -OCH3 is 1. The zero-order valence-corrected chi connectivity index (χ0v) is 15.3. The Hall–Kier alpha value is -1.33. The zero-order valence-electron chi connectivity index (χ0n) is 14.3. The Balaban J connectivity index is 2.31. The van der Waals surface area contributed by atoms with Crippen molar-refractivity contribution in [2.45, 2.75) is 57.5 Å². The van der Waals surface area contributed by atoms with Gasteiger partial charge in [-0.3, -0.25) is 0 Å². The van der Waals surface area contributed by atoms with Gasteiger partial charge in [0.2, 0.25) is 0 Å². The third-order valence-corrected chi connectivity index (χ3v) is 9.16. The van der Waals surface area contributed by atoms with Crippen LogP contribution in [-0.4, -0.2) is 27.5 Å². The van der Waals surface area contributed by atoms with E-state index in [1.54, 1.807) is 0 Å². The summed E-state index contributed by atoms with van der Waals surface area (Å²) < 4.78 is 17.2. The number of benzene rings is 1. The third-order valence-electron chi connectivity index (χ3n) is 4.67. The molecule has 5 heteroatoms. The van der Waals surface area contributed by atoms with Crippen LogP contribution in [0, 0.1) is 0 Å². The van der Waals surface area contributed by atoms with Gasteiger partial charge in [0.05, 0.1) is 13.2 Å². The Labute approximate surface area is 133 Å². The molecule has 0 aromatic heterocycles. The monoisotopic (exact) mass is 322 g/mol. The maximum Gasteiger partial charge on any atom is 0.347 e. The molecule has 0 amide bonds. The molecule has 0 bridgehead atoms.